The third kappa shape index (κ3) is 3.46. The molecule has 0 aliphatic heterocycles. The second kappa shape index (κ2) is 6.88. The molecular formula is C15H19Br2N. The molecule has 0 heterocycles. The van der Waals surface area contributed by atoms with Crippen LogP contribution in [-0.2, 0) is 0 Å². The Labute approximate surface area is 126 Å². The van der Waals surface area contributed by atoms with Crippen molar-refractivity contribution >= 4 is 31.9 Å². The number of benzene rings is 1. The summed E-state index contributed by atoms with van der Waals surface area (Å²) in [4.78, 5) is 0. The quantitative estimate of drug-likeness (QED) is 0.701. The van der Waals surface area contributed by atoms with Crippen LogP contribution in [0.25, 0.3) is 0 Å². The number of hydrogen-bond donors (Lipinski definition) is 1. The van der Waals surface area contributed by atoms with Gasteiger partial charge in [0.05, 0.1) is 6.04 Å². The van der Waals surface area contributed by atoms with Gasteiger partial charge in [0.2, 0.25) is 0 Å². The standard InChI is InChI=1S/C15H19Br2N/c1-2-18-15(11-6-4-3-5-7-11)13-10-12(16)8-9-14(13)17/h6,8-10,15,18H,2-5,7H2,1H3. The zero-order valence-electron chi connectivity index (χ0n) is 10.7. The van der Waals surface area contributed by atoms with Gasteiger partial charge in [-0.2, -0.15) is 0 Å². The van der Waals surface area contributed by atoms with Gasteiger partial charge < -0.3 is 5.32 Å². The third-order valence-corrected chi connectivity index (χ3v) is 4.59. The first-order valence-electron chi connectivity index (χ1n) is 6.59. The molecule has 1 aromatic rings. The molecule has 0 amide bonds. The van der Waals surface area contributed by atoms with Gasteiger partial charge in [0, 0.05) is 8.95 Å². The summed E-state index contributed by atoms with van der Waals surface area (Å²) in [6.07, 6.45) is 7.52. The van der Waals surface area contributed by atoms with Crippen molar-refractivity contribution in [3.63, 3.8) is 0 Å². The van der Waals surface area contributed by atoms with E-state index < -0.39 is 0 Å². The molecule has 2 rings (SSSR count). The van der Waals surface area contributed by atoms with E-state index >= 15 is 0 Å². The van der Waals surface area contributed by atoms with Gasteiger partial charge in [0.1, 0.15) is 0 Å². The second-order valence-corrected chi connectivity index (χ2v) is 6.45. The Morgan fingerprint density at radius 1 is 1.28 bits per heavy atom. The van der Waals surface area contributed by atoms with Crippen LogP contribution in [-0.4, -0.2) is 6.54 Å². The Bertz CT molecular complexity index is 440. The molecular weight excluding hydrogens is 354 g/mol. The maximum Gasteiger partial charge on any atom is 0.0547 e. The van der Waals surface area contributed by atoms with Crippen LogP contribution in [0.5, 0.6) is 0 Å². The Hall–Kier alpha value is -0.120. The van der Waals surface area contributed by atoms with E-state index in [-0.39, 0.29) is 0 Å². The van der Waals surface area contributed by atoms with Gasteiger partial charge in [-0.1, -0.05) is 50.4 Å². The fraction of sp³-hybridized carbons (Fsp3) is 0.467. The number of halogens is 2. The van der Waals surface area contributed by atoms with Gasteiger partial charge in [-0.05, 0) is 56.0 Å². The molecule has 1 unspecified atom stereocenters. The summed E-state index contributed by atoms with van der Waals surface area (Å²) in [7, 11) is 0. The maximum absolute atomic E-state index is 3.68. The predicted molar refractivity (Wildman–Crippen MR) is 84.8 cm³/mol. The molecule has 1 atom stereocenters. The van der Waals surface area contributed by atoms with Gasteiger partial charge >= 0.3 is 0 Å². The zero-order chi connectivity index (χ0) is 13.0. The molecule has 0 fully saturated rings. The molecule has 1 aliphatic carbocycles. The molecule has 0 aromatic heterocycles. The lowest BCUT2D eigenvalue weighted by Gasteiger charge is -2.25. The molecule has 98 valence electrons. The lowest BCUT2D eigenvalue weighted by Crippen LogP contribution is -2.24. The van der Waals surface area contributed by atoms with Crippen molar-refractivity contribution < 1.29 is 0 Å². The highest BCUT2D eigenvalue weighted by molar-refractivity contribution is 9.11. The van der Waals surface area contributed by atoms with Crippen molar-refractivity contribution in [3.8, 4) is 0 Å². The van der Waals surface area contributed by atoms with Crippen molar-refractivity contribution in [1.82, 2.24) is 5.32 Å². The normalized spacial score (nSPS) is 17.4. The molecule has 1 N–H and O–H groups in total. The van der Waals surface area contributed by atoms with Gasteiger partial charge in [0.15, 0.2) is 0 Å². The second-order valence-electron chi connectivity index (χ2n) is 4.68. The van der Waals surface area contributed by atoms with Crippen molar-refractivity contribution in [2.24, 2.45) is 0 Å². The third-order valence-electron chi connectivity index (χ3n) is 3.37. The topological polar surface area (TPSA) is 12.0 Å². The monoisotopic (exact) mass is 371 g/mol. The van der Waals surface area contributed by atoms with E-state index in [2.05, 4.69) is 68.4 Å². The molecule has 3 heteroatoms. The molecule has 0 saturated carbocycles. The zero-order valence-corrected chi connectivity index (χ0v) is 13.9. The summed E-state index contributed by atoms with van der Waals surface area (Å²) in [5.74, 6) is 0. The number of likely N-dealkylation sites (N-methyl/N-ethyl adjacent to an activating group) is 1. The molecule has 18 heavy (non-hydrogen) atoms. The lowest BCUT2D eigenvalue weighted by atomic mass is 9.90. The maximum atomic E-state index is 3.68. The minimum absolute atomic E-state index is 0.349. The van der Waals surface area contributed by atoms with Crippen LogP contribution >= 0.6 is 31.9 Å². The molecule has 1 aliphatic rings. The Kier molecular flexibility index (Phi) is 5.46. The van der Waals surface area contributed by atoms with Crippen molar-refractivity contribution in [2.45, 2.75) is 38.6 Å². The minimum Gasteiger partial charge on any atom is -0.307 e. The van der Waals surface area contributed by atoms with E-state index in [1.54, 1.807) is 5.57 Å². The van der Waals surface area contributed by atoms with E-state index in [0.29, 0.717) is 6.04 Å². The summed E-state index contributed by atoms with van der Waals surface area (Å²) >= 11 is 7.25. The van der Waals surface area contributed by atoms with Gasteiger partial charge in [0.25, 0.3) is 0 Å². The van der Waals surface area contributed by atoms with Crippen molar-refractivity contribution in [2.75, 3.05) is 6.54 Å². The first-order chi connectivity index (χ1) is 8.72. The van der Waals surface area contributed by atoms with Crippen LogP contribution in [0.3, 0.4) is 0 Å². The number of hydrogen-bond acceptors (Lipinski definition) is 1. The summed E-state index contributed by atoms with van der Waals surface area (Å²) < 4.78 is 2.32. The van der Waals surface area contributed by atoms with Gasteiger partial charge in [-0.3, -0.25) is 0 Å². The predicted octanol–water partition coefficient (Wildman–Crippen LogP) is 5.36. The number of nitrogens with one attached hydrogen (secondary N) is 1. The van der Waals surface area contributed by atoms with Crippen LogP contribution in [0.1, 0.15) is 44.2 Å². The first kappa shape index (κ1) is 14.3. The molecule has 0 radical (unpaired) electrons. The van der Waals surface area contributed by atoms with Crippen LogP contribution in [0, 0.1) is 0 Å². The highest BCUT2D eigenvalue weighted by Crippen LogP contribution is 2.34. The van der Waals surface area contributed by atoms with E-state index in [4.69, 9.17) is 0 Å². The molecule has 0 spiro atoms. The van der Waals surface area contributed by atoms with E-state index in [1.807, 2.05) is 0 Å². The van der Waals surface area contributed by atoms with Crippen LogP contribution in [0.4, 0.5) is 0 Å². The number of allylic oxidation sites excluding steroid dienone is 1. The van der Waals surface area contributed by atoms with E-state index in [0.717, 1.165) is 11.0 Å². The fourth-order valence-electron chi connectivity index (χ4n) is 2.51. The Morgan fingerprint density at radius 2 is 2.11 bits per heavy atom. The highest BCUT2D eigenvalue weighted by Gasteiger charge is 2.19. The molecule has 0 bridgehead atoms. The lowest BCUT2D eigenvalue weighted by molar-refractivity contribution is 0.562. The SMILES string of the molecule is CCNC(C1=CCCCC1)c1cc(Br)ccc1Br. The van der Waals surface area contributed by atoms with Crippen molar-refractivity contribution in [3.05, 3.63) is 44.4 Å². The minimum atomic E-state index is 0.349. The Balaban J connectivity index is 2.34. The van der Waals surface area contributed by atoms with Crippen LogP contribution in [0.15, 0.2) is 38.8 Å². The largest absolute Gasteiger partial charge is 0.307 e. The van der Waals surface area contributed by atoms with Gasteiger partial charge in [-0.15, -0.1) is 0 Å². The van der Waals surface area contributed by atoms with E-state index in [9.17, 15) is 0 Å². The summed E-state index contributed by atoms with van der Waals surface area (Å²) in [5.41, 5.74) is 2.88. The van der Waals surface area contributed by atoms with Crippen molar-refractivity contribution in [1.29, 1.82) is 0 Å². The average molecular weight is 373 g/mol. The van der Waals surface area contributed by atoms with Crippen LogP contribution in [0.2, 0.25) is 0 Å². The van der Waals surface area contributed by atoms with Gasteiger partial charge in [-0.25, -0.2) is 0 Å². The summed E-state index contributed by atoms with van der Waals surface area (Å²) in [6.45, 7) is 3.16. The number of rotatable bonds is 4. The summed E-state index contributed by atoms with van der Waals surface area (Å²) in [6, 6.07) is 6.76. The first-order valence-corrected chi connectivity index (χ1v) is 8.18. The smallest absolute Gasteiger partial charge is 0.0547 e. The molecule has 0 saturated heterocycles. The molecule has 1 aromatic carbocycles. The fourth-order valence-corrected chi connectivity index (χ4v) is 3.36. The van der Waals surface area contributed by atoms with E-state index in [1.165, 1.54) is 35.7 Å². The molecule has 1 nitrogen and oxygen atoms in total. The average Bonchev–Trinajstić information content (AvgIpc) is 2.40. The van der Waals surface area contributed by atoms with Crippen LogP contribution < -0.4 is 5.32 Å². The summed E-state index contributed by atoms with van der Waals surface area (Å²) in [5, 5.41) is 3.62. The Morgan fingerprint density at radius 3 is 2.78 bits per heavy atom. The highest BCUT2D eigenvalue weighted by atomic mass is 79.9.